The Hall–Kier alpha value is -2.00. The van der Waals surface area contributed by atoms with Crippen LogP contribution in [-0.2, 0) is 4.79 Å². The van der Waals surface area contributed by atoms with Crippen molar-refractivity contribution in [1.82, 2.24) is 10.2 Å². The summed E-state index contributed by atoms with van der Waals surface area (Å²) in [5, 5.41) is 22.9. The molecule has 0 unspecified atom stereocenters. The zero-order valence-corrected chi connectivity index (χ0v) is 15.0. The van der Waals surface area contributed by atoms with Gasteiger partial charge in [0.05, 0.1) is 10.7 Å². The molecule has 0 atom stereocenters. The lowest BCUT2D eigenvalue weighted by atomic mass is 10.1. The fraction of sp³-hybridized carbons (Fsp3) is 0.400. The van der Waals surface area contributed by atoms with Crippen LogP contribution in [0.5, 0.6) is 0 Å². The van der Waals surface area contributed by atoms with Gasteiger partial charge in [0.1, 0.15) is 5.01 Å². The number of amides is 1. The van der Waals surface area contributed by atoms with Crippen LogP contribution in [0.1, 0.15) is 37.6 Å². The molecule has 7 nitrogen and oxygen atoms in total. The first-order chi connectivity index (χ1) is 11.5. The second kappa shape index (κ2) is 8.74. The lowest BCUT2D eigenvalue weighted by Gasteiger charge is -2.05. The van der Waals surface area contributed by atoms with Crippen LogP contribution in [0.3, 0.4) is 0 Å². The molecule has 0 bridgehead atoms. The molecule has 1 amide bonds. The lowest BCUT2D eigenvalue weighted by Crippen LogP contribution is -2.13. The maximum atomic E-state index is 12.0. The maximum absolute atomic E-state index is 12.0. The molecule has 1 aromatic heterocycles. The summed E-state index contributed by atoms with van der Waals surface area (Å²) in [4.78, 5) is 22.9. The summed E-state index contributed by atoms with van der Waals surface area (Å²) in [5.41, 5.74) is 0.0339. The van der Waals surface area contributed by atoms with Crippen LogP contribution in [-0.4, -0.2) is 26.8 Å². The van der Waals surface area contributed by atoms with Gasteiger partial charge in [0.15, 0.2) is 0 Å². The van der Waals surface area contributed by atoms with E-state index in [1.807, 2.05) is 0 Å². The monoisotopic (exact) mass is 366 g/mol. The van der Waals surface area contributed by atoms with Crippen LogP contribution in [0.15, 0.2) is 29.2 Å². The Labute approximate surface area is 148 Å². The SMILES string of the molecule is CCC(CC)c1nnc(NC(=O)CSc2ccc([N+](=O)[O-])cc2)s1. The van der Waals surface area contributed by atoms with E-state index in [0.717, 1.165) is 22.7 Å². The Bertz CT molecular complexity index is 699. The van der Waals surface area contributed by atoms with Crippen molar-refractivity contribution in [1.29, 1.82) is 0 Å². The molecule has 0 saturated heterocycles. The highest BCUT2D eigenvalue weighted by molar-refractivity contribution is 8.00. The van der Waals surface area contributed by atoms with Gasteiger partial charge in [-0.1, -0.05) is 25.2 Å². The molecule has 0 aliphatic carbocycles. The number of benzene rings is 1. The van der Waals surface area contributed by atoms with E-state index in [0.29, 0.717) is 11.0 Å². The quantitative estimate of drug-likeness (QED) is 0.429. The third kappa shape index (κ3) is 5.00. The Morgan fingerprint density at radius 1 is 1.29 bits per heavy atom. The summed E-state index contributed by atoms with van der Waals surface area (Å²) in [5.74, 6) is 0.408. The van der Waals surface area contributed by atoms with Gasteiger partial charge in [-0.3, -0.25) is 20.2 Å². The molecular weight excluding hydrogens is 348 g/mol. The Morgan fingerprint density at radius 3 is 2.54 bits per heavy atom. The molecule has 128 valence electrons. The second-order valence-electron chi connectivity index (χ2n) is 5.05. The van der Waals surface area contributed by atoms with Crippen LogP contribution in [0, 0.1) is 10.1 Å². The van der Waals surface area contributed by atoms with E-state index in [4.69, 9.17) is 0 Å². The molecule has 2 rings (SSSR count). The van der Waals surface area contributed by atoms with E-state index in [9.17, 15) is 14.9 Å². The average Bonchev–Trinajstić information content (AvgIpc) is 3.02. The van der Waals surface area contributed by atoms with Gasteiger partial charge in [-0.05, 0) is 25.0 Å². The summed E-state index contributed by atoms with van der Waals surface area (Å²) in [6.45, 7) is 4.21. The highest BCUT2D eigenvalue weighted by atomic mass is 32.2. The maximum Gasteiger partial charge on any atom is 0.269 e. The summed E-state index contributed by atoms with van der Waals surface area (Å²) >= 11 is 2.72. The Balaban J connectivity index is 1.86. The molecule has 0 spiro atoms. The molecular formula is C15H18N4O3S2. The summed E-state index contributed by atoms with van der Waals surface area (Å²) in [6, 6.07) is 6.11. The van der Waals surface area contributed by atoms with E-state index in [2.05, 4.69) is 29.4 Å². The number of carbonyl (C=O) groups excluding carboxylic acids is 1. The highest BCUT2D eigenvalue weighted by Crippen LogP contribution is 2.28. The molecule has 24 heavy (non-hydrogen) atoms. The van der Waals surface area contributed by atoms with Crippen molar-refractivity contribution in [2.24, 2.45) is 0 Å². The first-order valence-corrected chi connectivity index (χ1v) is 9.34. The van der Waals surface area contributed by atoms with Crippen molar-refractivity contribution < 1.29 is 9.72 Å². The van der Waals surface area contributed by atoms with E-state index in [-0.39, 0.29) is 17.3 Å². The van der Waals surface area contributed by atoms with Crippen molar-refractivity contribution in [2.75, 3.05) is 11.1 Å². The standard InChI is InChI=1S/C15H18N4O3S2/c1-3-10(4-2)14-17-18-15(24-14)16-13(20)9-23-12-7-5-11(6-8-12)19(21)22/h5-8,10H,3-4,9H2,1-2H3,(H,16,18,20). The van der Waals surface area contributed by atoms with Gasteiger partial charge in [0.2, 0.25) is 11.0 Å². The predicted molar refractivity (Wildman–Crippen MR) is 95.7 cm³/mol. The second-order valence-corrected chi connectivity index (χ2v) is 7.10. The summed E-state index contributed by atoms with van der Waals surface area (Å²) < 4.78 is 0. The minimum atomic E-state index is -0.450. The van der Waals surface area contributed by atoms with Crippen molar-refractivity contribution in [2.45, 2.75) is 37.5 Å². The van der Waals surface area contributed by atoms with E-state index in [1.165, 1.54) is 35.2 Å². The van der Waals surface area contributed by atoms with Crippen molar-refractivity contribution in [3.63, 3.8) is 0 Å². The van der Waals surface area contributed by atoms with Gasteiger partial charge in [-0.25, -0.2) is 0 Å². The van der Waals surface area contributed by atoms with Gasteiger partial charge in [-0.2, -0.15) is 0 Å². The lowest BCUT2D eigenvalue weighted by molar-refractivity contribution is -0.384. The third-order valence-corrected chi connectivity index (χ3v) is 5.45. The summed E-state index contributed by atoms with van der Waals surface area (Å²) in [6.07, 6.45) is 1.99. The Kier molecular flexibility index (Phi) is 6.68. The molecule has 2 aromatic rings. The molecule has 1 aromatic carbocycles. The van der Waals surface area contributed by atoms with Crippen LogP contribution < -0.4 is 5.32 Å². The van der Waals surface area contributed by atoms with Crippen LogP contribution in [0.4, 0.5) is 10.8 Å². The number of nitro groups is 1. The predicted octanol–water partition coefficient (Wildman–Crippen LogP) is 4.08. The van der Waals surface area contributed by atoms with Crippen LogP contribution in [0.25, 0.3) is 0 Å². The zero-order valence-electron chi connectivity index (χ0n) is 13.4. The van der Waals surface area contributed by atoms with Gasteiger partial charge >= 0.3 is 0 Å². The number of aromatic nitrogens is 2. The molecule has 0 radical (unpaired) electrons. The smallest absolute Gasteiger partial charge is 0.269 e. The highest BCUT2D eigenvalue weighted by Gasteiger charge is 2.14. The number of thioether (sulfide) groups is 1. The molecule has 0 saturated carbocycles. The van der Waals surface area contributed by atoms with E-state index < -0.39 is 4.92 Å². The molecule has 1 N–H and O–H groups in total. The van der Waals surface area contributed by atoms with E-state index in [1.54, 1.807) is 12.1 Å². The van der Waals surface area contributed by atoms with E-state index >= 15 is 0 Å². The number of anilines is 1. The number of carbonyl (C=O) groups is 1. The fourth-order valence-corrected chi connectivity index (χ4v) is 3.78. The third-order valence-electron chi connectivity index (χ3n) is 3.44. The first-order valence-electron chi connectivity index (χ1n) is 7.54. The molecule has 0 aliphatic heterocycles. The summed E-state index contributed by atoms with van der Waals surface area (Å²) in [7, 11) is 0. The zero-order chi connectivity index (χ0) is 17.5. The number of non-ortho nitro benzene ring substituents is 1. The first kappa shape index (κ1) is 18.3. The van der Waals surface area contributed by atoms with Crippen LogP contribution >= 0.6 is 23.1 Å². The topological polar surface area (TPSA) is 98.0 Å². The number of hydrogen-bond acceptors (Lipinski definition) is 7. The van der Waals surface area contributed by atoms with Crippen molar-refractivity contribution in [3.8, 4) is 0 Å². The van der Waals surface area contributed by atoms with Gasteiger partial charge in [-0.15, -0.1) is 22.0 Å². The van der Waals surface area contributed by atoms with Crippen molar-refractivity contribution >= 4 is 39.8 Å². The number of nitrogens with zero attached hydrogens (tertiary/aromatic N) is 3. The minimum Gasteiger partial charge on any atom is -0.300 e. The largest absolute Gasteiger partial charge is 0.300 e. The van der Waals surface area contributed by atoms with Crippen molar-refractivity contribution in [3.05, 3.63) is 39.4 Å². The number of hydrogen-bond donors (Lipinski definition) is 1. The minimum absolute atomic E-state index is 0.0339. The van der Waals surface area contributed by atoms with Crippen LogP contribution in [0.2, 0.25) is 0 Å². The number of nitro benzene ring substituents is 1. The van der Waals surface area contributed by atoms with Gasteiger partial charge in [0, 0.05) is 22.9 Å². The van der Waals surface area contributed by atoms with Gasteiger partial charge in [0.25, 0.3) is 5.69 Å². The molecule has 9 heteroatoms. The Morgan fingerprint density at radius 2 is 1.96 bits per heavy atom. The number of nitrogens with one attached hydrogen (secondary N) is 1. The normalized spacial score (nSPS) is 10.8. The van der Waals surface area contributed by atoms with Gasteiger partial charge < -0.3 is 0 Å². The average molecular weight is 366 g/mol. The fourth-order valence-electron chi connectivity index (χ4n) is 2.06. The molecule has 1 heterocycles. The molecule has 0 fully saturated rings. The molecule has 0 aliphatic rings. The number of rotatable bonds is 8.